The number of carbonyl (C=O) groups excluding carboxylic acids is 1. The van der Waals surface area contributed by atoms with Crippen molar-refractivity contribution < 1.29 is 9.18 Å². The normalized spacial score (nSPS) is 11.9. The number of carbonyl (C=O) groups is 1. The van der Waals surface area contributed by atoms with Gasteiger partial charge in [-0.05, 0) is 36.8 Å². The summed E-state index contributed by atoms with van der Waals surface area (Å²) in [5.74, 6) is -0.659. The molecule has 3 heteroatoms. The first-order valence-electron chi connectivity index (χ1n) is 5.78. The van der Waals surface area contributed by atoms with Crippen molar-refractivity contribution in [3.8, 4) is 0 Å². The topological polar surface area (TPSA) is 29.1 Å². The first-order valence-corrected chi connectivity index (χ1v) is 5.78. The van der Waals surface area contributed by atoms with Crippen molar-refractivity contribution in [1.29, 1.82) is 0 Å². The van der Waals surface area contributed by atoms with Gasteiger partial charge < -0.3 is 5.32 Å². The second-order valence-corrected chi connectivity index (χ2v) is 4.13. The highest BCUT2D eigenvalue weighted by molar-refractivity contribution is 5.95. The summed E-state index contributed by atoms with van der Waals surface area (Å²) in [6, 6.07) is 15.3. The van der Waals surface area contributed by atoms with Gasteiger partial charge in [-0.1, -0.05) is 30.3 Å². The zero-order chi connectivity index (χ0) is 13.0. The lowest BCUT2D eigenvalue weighted by molar-refractivity contribution is -0.117. The fraction of sp³-hybridized carbons (Fsp3) is 0.133. The van der Waals surface area contributed by atoms with Gasteiger partial charge in [0.15, 0.2) is 0 Å². The molecule has 0 bridgehead atoms. The van der Waals surface area contributed by atoms with Crippen LogP contribution >= 0.6 is 0 Å². The molecule has 1 atom stereocenters. The minimum atomic E-state index is -0.316. The number of hydrogen-bond acceptors (Lipinski definition) is 1. The molecule has 1 N–H and O–H groups in total. The van der Waals surface area contributed by atoms with Gasteiger partial charge in [0.25, 0.3) is 0 Å². The third kappa shape index (κ3) is 2.94. The van der Waals surface area contributed by atoms with Crippen molar-refractivity contribution in [2.75, 3.05) is 5.32 Å². The molecule has 0 radical (unpaired) electrons. The first kappa shape index (κ1) is 12.3. The van der Waals surface area contributed by atoms with Crippen molar-refractivity contribution in [3.05, 3.63) is 66.0 Å². The third-order valence-electron chi connectivity index (χ3n) is 2.80. The standard InChI is InChI=1S/C15H14FNO/c1-11(12-5-3-2-4-6-12)15(18)17-14-9-7-13(16)8-10-14/h2-11H,1H3,(H,17,18). The van der Waals surface area contributed by atoms with Crippen molar-refractivity contribution in [2.45, 2.75) is 12.8 Å². The molecule has 0 aromatic heterocycles. The molecular weight excluding hydrogens is 229 g/mol. The summed E-state index contributed by atoms with van der Waals surface area (Å²) >= 11 is 0. The average molecular weight is 243 g/mol. The summed E-state index contributed by atoms with van der Waals surface area (Å²) in [6.45, 7) is 1.84. The summed E-state index contributed by atoms with van der Waals surface area (Å²) in [6.07, 6.45) is 0. The molecule has 18 heavy (non-hydrogen) atoms. The average Bonchev–Trinajstić information content (AvgIpc) is 2.41. The highest BCUT2D eigenvalue weighted by atomic mass is 19.1. The Kier molecular flexibility index (Phi) is 3.72. The Morgan fingerprint density at radius 3 is 2.28 bits per heavy atom. The van der Waals surface area contributed by atoms with Gasteiger partial charge in [-0.15, -0.1) is 0 Å². The quantitative estimate of drug-likeness (QED) is 0.877. The Morgan fingerprint density at radius 1 is 1.06 bits per heavy atom. The molecule has 0 fully saturated rings. The van der Waals surface area contributed by atoms with Gasteiger partial charge in [0.2, 0.25) is 5.91 Å². The summed E-state index contributed by atoms with van der Waals surface area (Å²) in [5.41, 5.74) is 1.56. The van der Waals surface area contributed by atoms with Crippen LogP contribution in [0.1, 0.15) is 18.4 Å². The number of rotatable bonds is 3. The highest BCUT2D eigenvalue weighted by Crippen LogP contribution is 2.17. The van der Waals surface area contributed by atoms with Gasteiger partial charge in [0, 0.05) is 5.69 Å². The molecule has 0 saturated carbocycles. The molecular formula is C15H14FNO. The van der Waals surface area contributed by atoms with Gasteiger partial charge in [-0.2, -0.15) is 0 Å². The van der Waals surface area contributed by atoms with Crippen LogP contribution in [-0.4, -0.2) is 5.91 Å². The van der Waals surface area contributed by atoms with E-state index in [0.29, 0.717) is 5.69 Å². The maximum absolute atomic E-state index is 12.7. The predicted molar refractivity (Wildman–Crippen MR) is 69.9 cm³/mol. The summed E-state index contributed by atoms with van der Waals surface area (Å²) in [5, 5.41) is 2.76. The van der Waals surface area contributed by atoms with E-state index in [0.717, 1.165) is 5.56 Å². The zero-order valence-corrected chi connectivity index (χ0v) is 10.1. The summed E-state index contributed by atoms with van der Waals surface area (Å²) < 4.78 is 12.7. The second kappa shape index (κ2) is 5.45. The van der Waals surface area contributed by atoms with E-state index in [1.807, 2.05) is 37.3 Å². The molecule has 0 saturated heterocycles. The van der Waals surface area contributed by atoms with E-state index in [1.165, 1.54) is 12.1 Å². The molecule has 2 nitrogen and oxygen atoms in total. The number of anilines is 1. The first-order chi connectivity index (χ1) is 8.66. The number of nitrogens with one attached hydrogen (secondary N) is 1. The molecule has 92 valence electrons. The van der Waals surface area contributed by atoms with Crippen LogP contribution in [0.5, 0.6) is 0 Å². The van der Waals surface area contributed by atoms with Gasteiger partial charge in [-0.25, -0.2) is 4.39 Å². The SMILES string of the molecule is CC(C(=O)Nc1ccc(F)cc1)c1ccccc1. The zero-order valence-electron chi connectivity index (χ0n) is 10.1. The van der Waals surface area contributed by atoms with Crippen molar-refractivity contribution in [2.24, 2.45) is 0 Å². The van der Waals surface area contributed by atoms with E-state index in [2.05, 4.69) is 5.32 Å². The van der Waals surface area contributed by atoms with E-state index in [1.54, 1.807) is 12.1 Å². The molecule has 0 heterocycles. The van der Waals surface area contributed by atoms with Gasteiger partial charge in [0.05, 0.1) is 5.92 Å². The minimum absolute atomic E-state index is 0.104. The Balaban J connectivity index is 2.06. The maximum atomic E-state index is 12.7. The van der Waals surface area contributed by atoms with Crippen LogP contribution in [0.3, 0.4) is 0 Å². The number of halogens is 1. The Labute approximate surface area is 105 Å². The van der Waals surface area contributed by atoms with Crippen LogP contribution in [0.15, 0.2) is 54.6 Å². The number of amides is 1. The lowest BCUT2D eigenvalue weighted by Gasteiger charge is -2.12. The van der Waals surface area contributed by atoms with Gasteiger partial charge >= 0.3 is 0 Å². The minimum Gasteiger partial charge on any atom is -0.326 e. The van der Waals surface area contributed by atoms with Crippen LogP contribution in [0, 0.1) is 5.82 Å². The molecule has 2 aromatic carbocycles. The Morgan fingerprint density at radius 2 is 1.67 bits per heavy atom. The predicted octanol–water partition coefficient (Wildman–Crippen LogP) is 3.57. The van der Waals surface area contributed by atoms with Crippen molar-refractivity contribution in [3.63, 3.8) is 0 Å². The Bertz CT molecular complexity index is 522. The van der Waals surface area contributed by atoms with E-state index >= 15 is 0 Å². The van der Waals surface area contributed by atoms with Crippen molar-refractivity contribution in [1.82, 2.24) is 0 Å². The van der Waals surface area contributed by atoms with E-state index in [-0.39, 0.29) is 17.6 Å². The Hall–Kier alpha value is -2.16. The fourth-order valence-electron chi connectivity index (χ4n) is 1.68. The monoisotopic (exact) mass is 243 g/mol. The lowest BCUT2D eigenvalue weighted by atomic mass is 10.0. The van der Waals surface area contributed by atoms with E-state index < -0.39 is 0 Å². The molecule has 2 rings (SSSR count). The van der Waals surface area contributed by atoms with Crippen LogP contribution < -0.4 is 5.32 Å². The largest absolute Gasteiger partial charge is 0.326 e. The molecule has 2 aromatic rings. The molecule has 0 aliphatic heterocycles. The molecule has 0 aliphatic rings. The van der Waals surface area contributed by atoms with Crippen molar-refractivity contribution >= 4 is 11.6 Å². The molecule has 1 amide bonds. The van der Waals surface area contributed by atoms with Crippen LogP contribution in [0.25, 0.3) is 0 Å². The maximum Gasteiger partial charge on any atom is 0.231 e. The van der Waals surface area contributed by atoms with Gasteiger partial charge in [0.1, 0.15) is 5.82 Å². The number of hydrogen-bond donors (Lipinski definition) is 1. The summed E-state index contributed by atoms with van der Waals surface area (Å²) in [4.78, 5) is 12.0. The lowest BCUT2D eigenvalue weighted by Crippen LogP contribution is -2.18. The molecule has 1 unspecified atom stereocenters. The van der Waals surface area contributed by atoms with E-state index in [4.69, 9.17) is 0 Å². The van der Waals surface area contributed by atoms with Crippen LogP contribution in [0.2, 0.25) is 0 Å². The van der Waals surface area contributed by atoms with Gasteiger partial charge in [-0.3, -0.25) is 4.79 Å². The van der Waals surface area contributed by atoms with Crippen LogP contribution in [-0.2, 0) is 4.79 Å². The van der Waals surface area contributed by atoms with E-state index in [9.17, 15) is 9.18 Å². The smallest absolute Gasteiger partial charge is 0.231 e. The number of benzene rings is 2. The van der Waals surface area contributed by atoms with Crippen LogP contribution in [0.4, 0.5) is 10.1 Å². The molecule has 0 aliphatic carbocycles. The molecule has 0 spiro atoms. The second-order valence-electron chi connectivity index (χ2n) is 4.13. The third-order valence-corrected chi connectivity index (χ3v) is 2.80. The fourth-order valence-corrected chi connectivity index (χ4v) is 1.68. The highest BCUT2D eigenvalue weighted by Gasteiger charge is 2.14. The summed E-state index contributed by atoms with van der Waals surface area (Å²) in [7, 11) is 0.